The Morgan fingerprint density at radius 2 is 0.966 bits per heavy atom. The van der Waals surface area contributed by atoms with Crippen LogP contribution in [0.2, 0.25) is 0 Å². The molecular weight excluding hydrogens is 705 g/mol. The van der Waals surface area contributed by atoms with Crippen LogP contribution < -0.4 is 4.90 Å². The number of rotatable bonds is 7. The Hall–Kier alpha value is -7.82. The van der Waals surface area contributed by atoms with Gasteiger partial charge in [0, 0.05) is 50.2 Å². The first-order chi connectivity index (χ1) is 28.8. The van der Waals surface area contributed by atoms with Crippen molar-refractivity contribution in [3.63, 3.8) is 0 Å². The van der Waals surface area contributed by atoms with Crippen LogP contribution in [0.15, 0.2) is 218 Å². The predicted octanol–water partition coefficient (Wildman–Crippen LogP) is 14.4. The van der Waals surface area contributed by atoms with Crippen molar-refractivity contribution in [2.45, 2.75) is 0 Å². The molecule has 0 N–H and O–H groups in total. The molecule has 0 unspecified atom stereocenters. The summed E-state index contributed by atoms with van der Waals surface area (Å²) in [7, 11) is 0. The van der Waals surface area contributed by atoms with Crippen molar-refractivity contribution < 1.29 is 0 Å². The van der Waals surface area contributed by atoms with Crippen molar-refractivity contribution in [2.24, 2.45) is 0 Å². The first kappa shape index (κ1) is 33.5. The largest absolute Gasteiger partial charge is 0.310 e. The zero-order valence-corrected chi connectivity index (χ0v) is 31.6. The monoisotopic (exact) mass is 740 g/mol. The highest BCUT2D eigenvalue weighted by molar-refractivity contribution is 6.10. The lowest BCUT2D eigenvalue weighted by Gasteiger charge is -2.26. The minimum atomic E-state index is 0.847. The van der Waals surface area contributed by atoms with E-state index in [0.29, 0.717) is 0 Å². The van der Waals surface area contributed by atoms with Crippen LogP contribution in [0.5, 0.6) is 0 Å². The van der Waals surface area contributed by atoms with E-state index in [1.54, 1.807) is 0 Å². The molecule has 2 heterocycles. The highest BCUT2D eigenvalue weighted by Gasteiger charge is 2.20. The highest BCUT2D eigenvalue weighted by atomic mass is 15.1. The lowest BCUT2D eigenvalue weighted by atomic mass is 9.98. The summed E-state index contributed by atoms with van der Waals surface area (Å²) in [5.41, 5.74) is 14.4. The average Bonchev–Trinajstić information content (AvgIpc) is 3.63. The molecule has 0 radical (unpaired) electrons. The molecule has 0 spiro atoms. The average molecular weight is 741 g/mol. The van der Waals surface area contributed by atoms with Crippen molar-refractivity contribution in [3.05, 3.63) is 218 Å². The van der Waals surface area contributed by atoms with Gasteiger partial charge in [0.15, 0.2) is 0 Å². The minimum absolute atomic E-state index is 0.847. The molecule has 11 rings (SSSR count). The third-order valence-corrected chi connectivity index (χ3v) is 11.1. The molecule has 0 fully saturated rings. The van der Waals surface area contributed by atoms with Crippen molar-refractivity contribution in [1.82, 2.24) is 14.5 Å². The third kappa shape index (κ3) is 5.78. The van der Waals surface area contributed by atoms with Crippen molar-refractivity contribution in [1.29, 1.82) is 0 Å². The number of para-hydroxylation sites is 4. The molecule has 0 saturated carbocycles. The number of fused-ring (bicyclic) bond motifs is 5. The second-order valence-corrected chi connectivity index (χ2v) is 14.6. The van der Waals surface area contributed by atoms with Gasteiger partial charge in [-0.15, -0.1) is 0 Å². The molecule has 0 aliphatic rings. The van der Waals surface area contributed by atoms with E-state index in [-0.39, 0.29) is 0 Å². The summed E-state index contributed by atoms with van der Waals surface area (Å²) in [4.78, 5) is 13.1. The summed E-state index contributed by atoms with van der Waals surface area (Å²) < 4.78 is 2.36. The predicted molar refractivity (Wildman–Crippen MR) is 242 cm³/mol. The topological polar surface area (TPSA) is 34.0 Å². The smallest absolute Gasteiger partial charge is 0.0973 e. The lowest BCUT2D eigenvalue weighted by Crippen LogP contribution is -2.09. The zero-order chi connectivity index (χ0) is 38.4. The second-order valence-electron chi connectivity index (χ2n) is 14.6. The van der Waals surface area contributed by atoms with Crippen LogP contribution in [-0.2, 0) is 0 Å². The van der Waals surface area contributed by atoms with E-state index < -0.39 is 0 Å². The van der Waals surface area contributed by atoms with E-state index >= 15 is 0 Å². The van der Waals surface area contributed by atoms with Crippen molar-refractivity contribution in [2.75, 3.05) is 4.90 Å². The number of benzene rings is 9. The Bertz CT molecular complexity index is 3260. The van der Waals surface area contributed by atoms with E-state index in [1.165, 1.54) is 32.6 Å². The molecule has 0 amide bonds. The first-order valence-corrected chi connectivity index (χ1v) is 19.7. The molecule has 0 saturated heterocycles. The molecule has 272 valence electrons. The Morgan fingerprint density at radius 3 is 1.78 bits per heavy atom. The van der Waals surface area contributed by atoms with Crippen LogP contribution in [0, 0.1) is 0 Å². The van der Waals surface area contributed by atoms with Crippen molar-refractivity contribution >= 4 is 60.7 Å². The van der Waals surface area contributed by atoms with Crippen molar-refractivity contribution in [3.8, 4) is 39.3 Å². The Kier molecular flexibility index (Phi) is 8.11. The van der Waals surface area contributed by atoms with Gasteiger partial charge in [0.1, 0.15) is 0 Å². The Labute approximate surface area is 336 Å². The number of anilines is 3. The number of hydrogen-bond acceptors (Lipinski definition) is 3. The third-order valence-electron chi connectivity index (χ3n) is 11.1. The SMILES string of the molecule is c1ccc(-c2nc3cccc(-c4ccc5ccccc5c4)c3nc2-c2ccc(N(c3ccccc3)c3ccc4c(c3)c3ccccc3n4-c3ccccc3)cc2)cc1. The molecule has 0 aliphatic carbocycles. The minimum Gasteiger partial charge on any atom is -0.310 e. The molecule has 4 heteroatoms. The maximum absolute atomic E-state index is 5.48. The van der Waals surface area contributed by atoms with Crippen LogP contribution in [-0.4, -0.2) is 14.5 Å². The van der Waals surface area contributed by atoms with E-state index in [0.717, 1.165) is 67.4 Å². The fraction of sp³-hybridized carbons (Fsp3) is 0. The van der Waals surface area contributed by atoms with Gasteiger partial charge in [-0.05, 0) is 89.1 Å². The van der Waals surface area contributed by atoms with E-state index in [1.807, 2.05) is 6.07 Å². The fourth-order valence-electron chi connectivity index (χ4n) is 8.41. The van der Waals surface area contributed by atoms with Gasteiger partial charge in [0.2, 0.25) is 0 Å². The molecule has 4 nitrogen and oxygen atoms in total. The molecule has 9 aromatic carbocycles. The maximum Gasteiger partial charge on any atom is 0.0973 e. The summed E-state index contributed by atoms with van der Waals surface area (Å²) in [6.07, 6.45) is 0. The molecule has 0 atom stereocenters. The van der Waals surface area contributed by atoms with Gasteiger partial charge in [0.05, 0.1) is 33.5 Å². The number of hydrogen-bond donors (Lipinski definition) is 0. The summed E-state index contributed by atoms with van der Waals surface area (Å²) in [5.74, 6) is 0. The van der Waals surface area contributed by atoms with E-state index in [4.69, 9.17) is 9.97 Å². The molecule has 0 aliphatic heterocycles. The van der Waals surface area contributed by atoms with E-state index in [2.05, 4.69) is 222 Å². The normalized spacial score (nSPS) is 11.4. The summed E-state index contributed by atoms with van der Waals surface area (Å²) in [6, 6.07) is 77.3. The fourth-order valence-corrected chi connectivity index (χ4v) is 8.41. The van der Waals surface area contributed by atoms with Gasteiger partial charge in [-0.1, -0.05) is 146 Å². The quantitative estimate of drug-likeness (QED) is 0.163. The maximum atomic E-state index is 5.48. The highest BCUT2D eigenvalue weighted by Crippen LogP contribution is 2.41. The number of aromatic nitrogens is 3. The molecule has 11 aromatic rings. The van der Waals surface area contributed by atoms with E-state index in [9.17, 15) is 0 Å². The van der Waals surface area contributed by atoms with Crippen LogP contribution in [0.3, 0.4) is 0 Å². The zero-order valence-electron chi connectivity index (χ0n) is 31.6. The van der Waals surface area contributed by atoms with Gasteiger partial charge in [-0.3, -0.25) is 0 Å². The Balaban J connectivity index is 1.06. The molecule has 2 aromatic heterocycles. The molecular formula is C54H36N4. The second kappa shape index (κ2) is 14.0. The van der Waals surface area contributed by atoms with Gasteiger partial charge in [0.25, 0.3) is 0 Å². The lowest BCUT2D eigenvalue weighted by molar-refractivity contribution is 1.18. The van der Waals surface area contributed by atoms with Gasteiger partial charge in [-0.2, -0.15) is 0 Å². The van der Waals surface area contributed by atoms with Gasteiger partial charge in [-0.25, -0.2) is 9.97 Å². The summed E-state index contributed by atoms with van der Waals surface area (Å²) >= 11 is 0. The number of nitrogens with zero attached hydrogens (tertiary/aromatic N) is 4. The standard InChI is InChI=1S/C54H36N4/c1-4-16-38(17-5-1)52-53(56-54-46(24-14-25-49(54)55-52)41-28-27-37-15-10-11-18-40(37)35-41)39-29-31-44(32-30-39)57(42-19-6-2-7-20-42)45-33-34-51-48(36-45)47-23-12-13-26-50(47)58(51)43-21-8-3-9-22-43/h1-36H. The van der Waals surface area contributed by atoms with Crippen LogP contribution in [0.1, 0.15) is 0 Å². The van der Waals surface area contributed by atoms with Crippen LogP contribution >= 0.6 is 0 Å². The summed E-state index contributed by atoms with van der Waals surface area (Å²) in [5, 5.41) is 4.84. The first-order valence-electron chi connectivity index (χ1n) is 19.7. The summed E-state index contributed by atoms with van der Waals surface area (Å²) in [6.45, 7) is 0. The van der Waals surface area contributed by atoms with Gasteiger partial charge >= 0.3 is 0 Å². The van der Waals surface area contributed by atoms with Crippen LogP contribution in [0.25, 0.3) is 82.9 Å². The molecule has 58 heavy (non-hydrogen) atoms. The molecule has 0 bridgehead atoms. The van der Waals surface area contributed by atoms with Gasteiger partial charge < -0.3 is 9.47 Å². The Morgan fingerprint density at radius 1 is 0.362 bits per heavy atom. The van der Waals surface area contributed by atoms with Crippen LogP contribution in [0.4, 0.5) is 17.1 Å².